The Morgan fingerprint density at radius 1 is 1.03 bits per heavy atom. The van der Waals surface area contributed by atoms with E-state index in [9.17, 15) is 4.79 Å². The van der Waals surface area contributed by atoms with Crippen molar-refractivity contribution in [2.75, 3.05) is 36.8 Å². The van der Waals surface area contributed by atoms with Gasteiger partial charge in [0.1, 0.15) is 0 Å². The van der Waals surface area contributed by atoms with Gasteiger partial charge in [0.2, 0.25) is 11.1 Å². The topological polar surface area (TPSA) is 67.2 Å². The van der Waals surface area contributed by atoms with E-state index in [1.54, 1.807) is 4.68 Å². The van der Waals surface area contributed by atoms with Gasteiger partial charge in [-0.05, 0) is 34.2 Å². The molecule has 0 N–H and O–H groups in total. The summed E-state index contributed by atoms with van der Waals surface area (Å²) < 4.78 is 1.73. The highest BCUT2D eigenvalue weighted by Gasteiger charge is 2.22. The van der Waals surface area contributed by atoms with E-state index in [0.29, 0.717) is 30.5 Å². The third kappa shape index (κ3) is 5.07. The average molecular weight is 429 g/mol. The van der Waals surface area contributed by atoms with E-state index < -0.39 is 0 Å². The van der Waals surface area contributed by atoms with Gasteiger partial charge in [-0.1, -0.05) is 59.8 Å². The summed E-state index contributed by atoms with van der Waals surface area (Å²) >= 11 is 7.46. The van der Waals surface area contributed by atoms with Crippen LogP contribution in [0.15, 0.2) is 59.8 Å². The van der Waals surface area contributed by atoms with Gasteiger partial charge in [-0.3, -0.25) is 4.79 Å². The van der Waals surface area contributed by atoms with Crippen LogP contribution in [0, 0.1) is 0 Å². The lowest BCUT2D eigenvalue weighted by molar-refractivity contribution is -0.128. The molecule has 7 nitrogen and oxygen atoms in total. The Labute approximate surface area is 178 Å². The second-order valence-corrected chi connectivity index (χ2v) is 8.12. The molecule has 0 spiro atoms. The van der Waals surface area contributed by atoms with Crippen LogP contribution in [-0.4, -0.2) is 62.9 Å². The summed E-state index contributed by atoms with van der Waals surface area (Å²) in [5.41, 5.74) is 2.21. The molecule has 29 heavy (non-hydrogen) atoms. The number of piperazine rings is 1. The minimum atomic E-state index is 0.106. The fourth-order valence-corrected chi connectivity index (χ4v) is 4.22. The first kappa shape index (κ1) is 19.7. The van der Waals surface area contributed by atoms with Crippen molar-refractivity contribution in [3.8, 4) is 0 Å². The van der Waals surface area contributed by atoms with Crippen LogP contribution in [0.3, 0.4) is 0 Å². The molecule has 1 aliphatic rings. The van der Waals surface area contributed by atoms with E-state index in [2.05, 4.69) is 20.4 Å². The van der Waals surface area contributed by atoms with Crippen molar-refractivity contribution in [1.82, 2.24) is 25.1 Å². The van der Waals surface area contributed by atoms with Crippen LogP contribution in [0.1, 0.15) is 5.56 Å². The molecule has 9 heteroatoms. The highest BCUT2D eigenvalue weighted by atomic mass is 35.5. The molecular weight excluding hydrogens is 408 g/mol. The number of amides is 1. The van der Waals surface area contributed by atoms with Gasteiger partial charge in [-0.25, -0.2) is 4.68 Å². The van der Waals surface area contributed by atoms with Crippen molar-refractivity contribution >= 4 is 35.0 Å². The molecule has 1 saturated heterocycles. The number of hydrogen-bond donors (Lipinski definition) is 0. The van der Waals surface area contributed by atoms with Crippen LogP contribution in [0.4, 0.5) is 5.69 Å². The molecule has 1 fully saturated rings. The van der Waals surface area contributed by atoms with Gasteiger partial charge in [0, 0.05) is 36.9 Å². The van der Waals surface area contributed by atoms with Crippen molar-refractivity contribution in [2.45, 2.75) is 11.7 Å². The number of aromatic nitrogens is 4. The molecule has 0 unspecified atom stereocenters. The zero-order chi connectivity index (χ0) is 20.1. The Bertz CT molecular complexity index is 958. The molecule has 1 aromatic heterocycles. The quantitative estimate of drug-likeness (QED) is 0.562. The van der Waals surface area contributed by atoms with E-state index in [-0.39, 0.29) is 5.91 Å². The van der Waals surface area contributed by atoms with Crippen molar-refractivity contribution < 1.29 is 4.79 Å². The van der Waals surface area contributed by atoms with Gasteiger partial charge >= 0.3 is 0 Å². The number of nitrogens with zero attached hydrogens (tertiary/aromatic N) is 6. The fourth-order valence-electron chi connectivity index (χ4n) is 3.26. The average Bonchev–Trinajstić information content (AvgIpc) is 3.20. The number of hydrogen-bond acceptors (Lipinski definition) is 6. The van der Waals surface area contributed by atoms with Crippen molar-refractivity contribution in [3.63, 3.8) is 0 Å². The zero-order valence-electron chi connectivity index (χ0n) is 15.8. The predicted octanol–water partition coefficient (Wildman–Crippen LogP) is 2.82. The van der Waals surface area contributed by atoms with Crippen molar-refractivity contribution in [2.24, 2.45) is 0 Å². The first-order valence-corrected chi connectivity index (χ1v) is 10.8. The van der Waals surface area contributed by atoms with E-state index >= 15 is 0 Å². The lowest BCUT2D eigenvalue weighted by Gasteiger charge is -2.36. The molecule has 0 bridgehead atoms. The first-order chi connectivity index (χ1) is 14.2. The van der Waals surface area contributed by atoms with Crippen molar-refractivity contribution in [3.05, 3.63) is 65.2 Å². The Morgan fingerprint density at radius 2 is 1.83 bits per heavy atom. The second kappa shape index (κ2) is 9.28. The number of thioether (sulfide) groups is 1. The van der Waals surface area contributed by atoms with Crippen molar-refractivity contribution in [1.29, 1.82) is 0 Å². The Kier molecular flexibility index (Phi) is 6.31. The molecule has 2 aromatic carbocycles. The Morgan fingerprint density at radius 3 is 2.59 bits per heavy atom. The van der Waals surface area contributed by atoms with Crippen LogP contribution in [-0.2, 0) is 11.3 Å². The Balaban J connectivity index is 1.28. The predicted molar refractivity (Wildman–Crippen MR) is 114 cm³/mol. The molecule has 0 saturated carbocycles. The van der Waals surface area contributed by atoms with Gasteiger partial charge < -0.3 is 9.80 Å². The van der Waals surface area contributed by atoms with Crippen LogP contribution >= 0.6 is 23.4 Å². The molecule has 150 valence electrons. The molecule has 4 rings (SSSR count). The minimum Gasteiger partial charge on any atom is -0.368 e. The van der Waals surface area contributed by atoms with Gasteiger partial charge in [-0.2, -0.15) is 0 Å². The van der Waals surface area contributed by atoms with E-state index in [0.717, 1.165) is 29.4 Å². The number of carbonyl (C=O) groups excluding carboxylic acids is 1. The largest absolute Gasteiger partial charge is 0.368 e. The molecule has 3 aromatic rings. The standard InChI is InChI=1S/C20H21ClN6OS/c21-17-7-4-8-18(13-17)25-9-11-26(12-10-25)19(28)15-29-20-22-23-24-27(20)14-16-5-2-1-3-6-16/h1-8,13H,9-12,14-15H2. The fraction of sp³-hybridized carbons (Fsp3) is 0.300. The zero-order valence-corrected chi connectivity index (χ0v) is 17.4. The van der Waals surface area contributed by atoms with E-state index in [4.69, 9.17) is 11.6 Å². The van der Waals surface area contributed by atoms with Crippen LogP contribution in [0.25, 0.3) is 0 Å². The highest BCUT2D eigenvalue weighted by molar-refractivity contribution is 7.99. The molecule has 0 aliphatic carbocycles. The molecule has 2 heterocycles. The maximum absolute atomic E-state index is 12.6. The monoisotopic (exact) mass is 428 g/mol. The summed E-state index contributed by atoms with van der Waals surface area (Å²) in [7, 11) is 0. The smallest absolute Gasteiger partial charge is 0.233 e. The molecule has 0 radical (unpaired) electrons. The maximum Gasteiger partial charge on any atom is 0.233 e. The molecule has 1 amide bonds. The Hall–Kier alpha value is -2.58. The number of carbonyl (C=O) groups is 1. The van der Waals surface area contributed by atoms with E-state index in [1.807, 2.05) is 59.5 Å². The lowest BCUT2D eigenvalue weighted by atomic mass is 10.2. The molecule has 1 aliphatic heterocycles. The highest BCUT2D eigenvalue weighted by Crippen LogP contribution is 2.21. The molecular formula is C20H21ClN6OS. The van der Waals surface area contributed by atoms with E-state index in [1.165, 1.54) is 11.8 Å². The third-order valence-electron chi connectivity index (χ3n) is 4.80. The number of tetrazole rings is 1. The van der Waals surface area contributed by atoms with Crippen LogP contribution < -0.4 is 4.90 Å². The summed E-state index contributed by atoms with van der Waals surface area (Å²) in [6.45, 7) is 3.56. The summed E-state index contributed by atoms with van der Waals surface area (Å²) in [6.07, 6.45) is 0. The van der Waals surface area contributed by atoms with Crippen LogP contribution in [0.5, 0.6) is 0 Å². The van der Waals surface area contributed by atoms with Crippen LogP contribution in [0.2, 0.25) is 5.02 Å². The van der Waals surface area contributed by atoms with Gasteiger partial charge in [0.25, 0.3) is 0 Å². The van der Waals surface area contributed by atoms with Gasteiger partial charge in [0.05, 0.1) is 12.3 Å². The second-order valence-electron chi connectivity index (χ2n) is 6.74. The normalized spacial score (nSPS) is 14.2. The van der Waals surface area contributed by atoms with Gasteiger partial charge in [-0.15, -0.1) is 5.10 Å². The first-order valence-electron chi connectivity index (χ1n) is 9.40. The lowest BCUT2D eigenvalue weighted by Crippen LogP contribution is -2.49. The summed E-state index contributed by atoms with van der Waals surface area (Å²) in [5, 5.41) is 13.2. The number of halogens is 1. The number of anilines is 1. The number of rotatable bonds is 6. The third-order valence-corrected chi connectivity index (χ3v) is 5.98. The summed E-state index contributed by atoms with van der Waals surface area (Å²) in [6, 6.07) is 17.8. The number of benzene rings is 2. The molecule has 0 atom stereocenters. The minimum absolute atomic E-state index is 0.106. The summed E-state index contributed by atoms with van der Waals surface area (Å²) in [4.78, 5) is 16.8. The van der Waals surface area contributed by atoms with Gasteiger partial charge in [0.15, 0.2) is 0 Å². The maximum atomic E-state index is 12.6. The summed E-state index contributed by atoms with van der Waals surface area (Å²) in [5.74, 6) is 0.432. The SMILES string of the molecule is O=C(CSc1nnnn1Cc1ccccc1)N1CCN(c2cccc(Cl)c2)CC1.